The maximum atomic E-state index is 11.8. The third-order valence-electron chi connectivity index (χ3n) is 4.84. The molecule has 0 saturated heterocycles. The van der Waals surface area contributed by atoms with Crippen LogP contribution in [0.5, 0.6) is 0 Å². The van der Waals surface area contributed by atoms with Crippen molar-refractivity contribution >= 4 is 11.9 Å². The van der Waals surface area contributed by atoms with Crippen molar-refractivity contribution in [1.29, 1.82) is 0 Å². The molecule has 1 saturated carbocycles. The Labute approximate surface area is 121 Å². The normalized spacial score (nSPS) is 19.6. The summed E-state index contributed by atoms with van der Waals surface area (Å²) in [4.78, 5) is 22.5. The Bertz CT molecular complexity index is 329. The van der Waals surface area contributed by atoms with Gasteiger partial charge >= 0.3 is 11.9 Å². The van der Waals surface area contributed by atoms with Crippen molar-refractivity contribution in [2.24, 2.45) is 11.8 Å². The molecule has 1 aliphatic rings. The van der Waals surface area contributed by atoms with Crippen molar-refractivity contribution in [2.75, 3.05) is 0 Å². The van der Waals surface area contributed by atoms with Crippen LogP contribution in [0.15, 0.2) is 0 Å². The van der Waals surface area contributed by atoms with E-state index in [-0.39, 0.29) is 0 Å². The van der Waals surface area contributed by atoms with E-state index < -0.39 is 24.0 Å². The Hall–Kier alpha value is -1.06. The highest BCUT2D eigenvalue weighted by atomic mass is 16.6. The lowest BCUT2D eigenvalue weighted by atomic mass is 9.69. The molecule has 0 aromatic heterocycles. The summed E-state index contributed by atoms with van der Waals surface area (Å²) in [5.41, 5.74) is -0.517. The molecule has 1 fully saturated rings. The first-order valence-electron chi connectivity index (χ1n) is 7.87. The maximum absolute atomic E-state index is 11.8. The molecule has 0 aromatic carbocycles. The van der Waals surface area contributed by atoms with Crippen LogP contribution in [-0.4, -0.2) is 22.6 Å². The van der Waals surface area contributed by atoms with Gasteiger partial charge in [-0.1, -0.05) is 33.1 Å². The zero-order valence-corrected chi connectivity index (χ0v) is 13.0. The highest BCUT2D eigenvalue weighted by Gasteiger charge is 2.43. The van der Waals surface area contributed by atoms with Gasteiger partial charge in [0, 0.05) is 0 Å². The van der Waals surface area contributed by atoms with Gasteiger partial charge in [-0.15, -0.1) is 0 Å². The molecular formula is C16H28O4. The first-order chi connectivity index (χ1) is 9.43. The Morgan fingerprint density at radius 3 is 2.20 bits per heavy atom. The predicted molar refractivity (Wildman–Crippen MR) is 77.4 cm³/mol. The molecule has 0 heterocycles. The minimum Gasteiger partial charge on any atom is -0.481 e. The highest BCUT2D eigenvalue weighted by Crippen LogP contribution is 2.42. The fourth-order valence-electron chi connectivity index (χ4n) is 3.68. The van der Waals surface area contributed by atoms with E-state index >= 15 is 0 Å². The van der Waals surface area contributed by atoms with E-state index in [1.165, 1.54) is 19.3 Å². The fraction of sp³-hybridized carbons (Fsp3) is 0.875. The second kappa shape index (κ2) is 7.65. The van der Waals surface area contributed by atoms with E-state index in [0.717, 1.165) is 25.7 Å². The number of carboxylic acids is 1. The third kappa shape index (κ3) is 4.22. The van der Waals surface area contributed by atoms with Crippen molar-refractivity contribution in [3.63, 3.8) is 0 Å². The van der Waals surface area contributed by atoms with Crippen LogP contribution in [0.3, 0.4) is 0 Å². The molecule has 4 heteroatoms. The minimum absolute atomic E-state index is 0.295. The molecule has 0 aromatic rings. The molecule has 0 amide bonds. The van der Waals surface area contributed by atoms with E-state index in [0.29, 0.717) is 11.8 Å². The standard InChI is InChI=1S/C16H28O4/c1-4-12(5-2)16(3,13-9-7-6-8-10-13)20-15(19)11-14(17)18/h12-13H,4-11H2,1-3H3,(H,17,18). The highest BCUT2D eigenvalue weighted by molar-refractivity contribution is 5.90. The molecule has 1 aliphatic carbocycles. The lowest BCUT2D eigenvalue weighted by molar-refractivity contribution is -0.177. The average Bonchev–Trinajstić information content (AvgIpc) is 2.40. The molecule has 1 N–H and O–H groups in total. The van der Waals surface area contributed by atoms with Gasteiger partial charge in [0.25, 0.3) is 0 Å². The molecule has 0 radical (unpaired) electrons. The van der Waals surface area contributed by atoms with Crippen LogP contribution in [0.2, 0.25) is 0 Å². The van der Waals surface area contributed by atoms with Crippen molar-refractivity contribution < 1.29 is 19.4 Å². The molecule has 1 unspecified atom stereocenters. The Kier molecular flexibility index (Phi) is 6.50. The van der Waals surface area contributed by atoms with E-state index in [4.69, 9.17) is 9.84 Å². The summed E-state index contributed by atoms with van der Waals surface area (Å²) in [5, 5.41) is 8.74. The van der Waals surface area contributed by atoms with Crippen molar-refractivity contribution in [3.05, 3.63) is 0 Å². The smallest absolute Gasteiger partial charge is 0.317 e. The monoisotopic (exact) mass is 284 g/mol. The van der Waals surface area contributed by atoms with Crippen LogP contribution >= 0.6 is 0 Å². The van der Waals surface area contributed by atoms with Gasteiger partial charge in [-0.25, -0.2) is 0 Å². The summed E-state index contributed by atoms with van der Waals surface area (Å²) in [6, 6.07) is 0. The topological polar surface area (TPSA) is 63.6 Å². The number of rotatable bonds is 7. The molecule has 20 heavy (non-hydrogen) atoms. The van der Waals surface area contributed by atoms with Crippen LogP contribution in [-0.2, 0) is 14.3 Å². The number of esters is 1. The summed E-state index contributed by atoms with van der Waals surface area (Å²) in [5.74, 6) is -1.06. The lowest BCUT2D eigenvalue weighted by Crippen LogP contribution is -2.47. The number of hydrogen-bond donors (Lipinski definition) is 1. The number of ether oxygens (including phenoxy) is 1. The zero-order chi connectivity index (χ0) is 15.2. The van der Waals surface area contributed by atoms with Gasteiger partial charge in [0.1, 0.15) is 12.0 Å². The number of carbonyl (C=O) groups is 2. The van der Waals surface area contributed by atoms with Gasteiger partial charge in [-0.2, -0.15) is 0 Å². The summed E-state index contributed by atoms with van der Waals surface area (Å²) < 4.78 is 5.71. The first-order valence-corrected chi connectivity index (χ1v) is 7.87. The molecule has 0 spiro atoms. The van der Waals surface area contributed by atoms with E-state index in [2.05, 4.69) is 13.8 Å². The van der Waals surface area contributed by atoms with E-state index in [9.17, 15) is 9.59 Å². The van der Waals surface area contributed by atoms with Crippen molar-refractivity contribution in [1.82, 2.24) is 0 Å². The minimum atomic E-state index is -1.12. The van der Waals surface area contributed by atoms with Crippen LogP contribution < -0.4 is 0 Å². The number of aliphatic carboxylic acids is 1. The SMILES string of the molecule is CCC(CC)C(C)(OC(=O)CC(=O)O)C1CCCCC1. The second-order valence-electron chi connectivity index (χ2n) is 6.08. The number of carboxylic acid groups (broad SMARTS) is 1. The van der Waals surface area contributed by atoms with Gasteiger partial charge in [0.05, 0.1) is 0 Å². The maximum Gasteiger partial charge on any atom is 0.317 e. The number of hydrogen-bond acceptors (Lipinski definition) is 3. The molecule has 0 bridgehead atoms. The largest absolute Gasteiger partial charge is 0.481 e. The third-order valence-corrected chi connectivity index (χ3v) is 4.84. The van der Waals surface area contributed by atoms with Gasteiger partial charge in [0.15, 0.2) is 0 Å². The second-order valence-corrected chi connectivity index (χ2v) is 6.08. The van der Waals surface area contributed by atoms with Gasteiger partial charge < -0.3 is 9.84 Å². The zero-order valence-electron chi connectivity index (χ0n) is 13.0. The molecule has 1 rings (SSSR count). The van der Waals surface area contributed by atoms with Gasteiger partial charge in [0.2, 0.25) is 0 Å². The van der Waals surface area contributed by atoms with Gasteiger partial charge in [-0.05, 0) is 44.4 Å². The Morgan fingerprint density at radius 2 is 1.75 bits per heavy atom. The van der Waals surface area contributed by atoms with Crippen LogP contribution in [0.1, 0.15) is 72.1 Å². The average molecular weight is 284 g/mol. The summed E-state index contributed by atoms with van der Waals surface area (Å²) in [7, 11) is 0. The fourth-order valence-corrected chi connectivity index (χ4v) is 3.68. The number of carbonyl (C=O) groups excluding carboxylic acids is 1. The molecule has 1 atom stereocenters. The van der Waals surface area contributed by atoms with Gasteiger partial charge in [-0.3, -0.25) is 9.59 Å². The molecular weight excluding hydrogens is 256 g/mol. The summed E-state index contributed by atoms with van der Waals surface area (Å²) in [6.07, 6.45) is 7.11. The van der Waals surface area contributed by atoms with Crippen LogP contribution in [0.4, 0.5) is 0 Å². The van der Waals surface area contributed by atoms with Crippen LogP contribution in [0, 0.1) is 11.8 Å². The summed E-state index contributed by atoms with van der Waals surface area (Å²) >= 11 is 0. The van der Waals surface area contributed by atoms with Crippen molar-refractivity contribution in [3.8, 4) is 0 Å². The Balaban J connectivity index is 2.87. The molecule has 4 nitrogen and oxygen atoms in total. The first kappa shape index (κ1) is 17.0. The molecule has 0 aliphatic heterocycles. The predicted octanol–water partition coefficient (Wildman–Crippen LogP) is 3.78. The van der Waals surface area contributed by atoms with E-state index in [1.807, 2.05) is 6.92 Å². The van der Waals surface area contributed by atoms with E-state index in [1.54, 1.807) is 0 Å². The lowest BCUT2D eigenvalue weighted by Gasteiger charge is -2.44. The Morgan fingerprint density at radius 1 is 1.20 bits per heavy atom. The van der Waals surface area contributed by atoms with Crippen molar-refractivity contribution in [2.45, 2.75) is 77.7 Å². The summed E-state index contributed by atoms with van der Waals surface area (Å²) in [6.45, 7) is 6.24. The molecule has 116 valence electrons. The van der Waals surface area contributed by atoms with Crippen LogP contribution in [0.25, 0.3) is 0 Å². The quantitative estimate of drug-likeness (QED) is 0.571.